The van der Waals surface area contributed by atoms with Crippen molar-refractivity contribution in [2.45, 2.75) is 139 Å². The molecule has 4 saturated carbocycles. The molecule has 4 heteroatoms. The van der Waals surface area contributed by atoms with Crippen LogP contribution in [0.25, 0.3) is 0 Å². The molecule has 5 aliphatic rings. The quantitative estimate of drug-likeness (QED) is 0.351. The van der Waals surface area contributed by atoms with Crippen molar-refractivity contribution in [2.75, 3.05) is 13.2 Å². The van der Waals surface area contributed by atoms with Gasteiger partial charge in [0.05, 0.1) is 6.61 Å². The third-order valence-electron chi connectivity index (χ3n) is 11.8. The Morgan fingerprint density at radius 3 is 2.44 bits per heavy atom. The molecule has 1 saturated heterocycles. The van der Waals surface area contributed by atoms with Crippen molar-refractivity contribution in [2.24, 2.45) is 46.3 Å². The van der Waals surface area contributed by atoms with Crippen molar-refractivity contribution >= 4 is 5.91 Å². The van der Waals surface area contributed by atoms with Gasteiger partial charge in [-0.3, -0.25) is 4.79 Å². The van der Waals surface area contributed by atoms with Gasteiger partial charge in [-0.15, -0.1) is 0 Å². The summed E-state index contributed by atoms with van der Waals surface area (Å²) in [4.78, 5) is 24.8. The molecule has 36 heavy (non-hydrogen) atoms. The van der Waals surface area contributed by atoms with E-state index in [0.29, 0.717) is 30.4 Å². The van der Waals surface area contributed by atoms with Crippen LogP contribution in [0.15, 0.2) is 0 Å². The highest BCUT2D eigenvalue weighted by atomic mass is 17.2. The Hall–Kier alpha value is -0.610. The molecule has 0 aromatic carbocycles. The van der Waals surface area contributed by atoms with Crippen LogP contribution < -0.4 is 0 Å². The highest BCUT2D eigenvalue weighted by Gasteiger charge is 2.60. The number of fused-ring (bicyclic) bond motifs is 5. The zero-order valence-electron chi connectivity index (χ0n) is 23.8. The third-order valence-corrected chi connectivity index (χ3v) is 11.8. The number of hydrogen-bond acceptors (Lipinski definition) is 3. The number of amides is 1. The fourth-order valence-electron chi connectivity index (χ4n) is 10.1. The Kier molecular flexibility index (Phi) is 10.4. The predicted octanol–water partition coefficient (Wildman–Crippen LogP) is 8.64. The van der Waals surface area contributed by atoms with Gasteiger partial charge in [0, 0.05) is 13.0 Å². The molecule has 0 bridgehead atoms. The van der Waals surface area contributed by atoms with Gasteiger partial charge in [-0.1, -0.05) is 61.3 Å². The van der Waals surface area contributed by atoms with Crippen molar-refractivity contribution in [3.05, 3.63) is 0 Å². The van der Waals surface area contributed by atoms with Crippen molar-refractivity contribution in [3.8, 4) is 0 Å². The molecule has 4 nitrogen and oxygen atoms in total. The predicted molar refractivity (Wildman–Crippen MR) is 149 cm³/mol. The Balaban J connectivity index is 0.00000117. The maximum Gasteiger partial charge on any atom is 0.224 e. The number of carbonyl (C=O) groups excluding carboxylic acids is 1. The van der Waals surface area contributed by atoms with Crippen LogP contribution in [-0.2, 0) is 14.6 Å². The minimum absolute atomic E-state index is 0. The summed E-state index contributed by atoms with van der Waals surface area (Å²) < 4.78 is 0. The Labute approximate surface area is 223 Å². The number of rotatable bonds is 5. The average molecular weight is 506 g/mol. The molecule has 4 aliphatic carbocycles. The van der Waals surface area contributed by atoms with Crippen LogP contribution in [-0.4, -0.2) is 30.2 Å². The van der Waals surface area contributed by atoms with Gasteiger partial charge < -0.3 is 4.90 Å². The summed E-state index contributed by atoms with van der Waals surface area (Å²) in [6, 6.07) is 0. The van der Waals surface area contributed by atoms with Crippen LogP contribution in [0.2, 0.25) is 0 Å². The summed E-state index contributed by atoms with van der Waals surface area (Å²) in [5.41, 5.74) is 1.13. The molecule has 5 fully saturated rings. The van der Waals surface area contributed by atoms with Crippen molar-refractivity contribution in [3.63, 3.8) is 0 Å². The molecule has 0 spiro atoms. The zero-order valence-corrected chi connectivity index (χ0v) is 23.8. The lowest BCUT2D eigenvalue weighted by Gasteiger charge is -2.62. The topological polar surface area (TPSA) is 38.8 Å². The van der Waals surface area contributed by atoms with Crippen molar-refractivity contribution < 1.29 is 14.6 Å². The van der Waals surface area contributed by atoms with Gasteiger partial charge >= 0.3 is 0 Å². The first kappa shape index (κ1) is 29.9. The molecule has 9 atom stereocenters. The number of nitrogens with zero attached hydrogens (tertiary/aromatic N) is 1. The van der Waals surface area contributed by atoms with E-state index in [1.165, 1.54) is 70.6 Å². The van der Waals surface area contributed by atoms with Gasteiger partial charge in [0.25, 0.3) is 0 Å². The molecule has 0 N–H and O–H groups in total. The Bertz CT molecular complexity index is 712. The largest absolute Gasteiger partial charge is 0.312 e. The maximum absolute atomic E-state index is 12.8. The molecular formula is C32H59NO3. The smallest absolute Gasteiger partial charge is 0.224 e. The van der Waals surface area contributed by atoms with Crippen molar-refractivity contribution in [1.29, 1.82) is 0 Å². The van der Waals surface area contributed by atoms with E-state index in [1.54, 1.807) is 0 Å². The standard InChI is InChI=1S/C29H49NO3.C2H6.CH4/c1-5-21-19-23-25-13-12-22(9-8-11-27(31)30-17-18-32-33-20(30)2)28(25,3)16-14-26(23)29(4)15-7-6-10-24(21)29;1-2;/h20-26H,5-19H2,1-4H3;1-2H3;1H4/t20?,21-,22?,23?,24?,25?,26-,28?,29?;;/m0../s1. The Morgan fingerprint density at radius 2 is 1.72 bits per heavy atom. The lowest BCUT2D eigenvalue weighted by Crippen LogP contribution is -2.55. The SMILES string of the molecule is C.CC.CC[C@H]1CC2C3CCC(CCCC(=O)N4CCOOC4C)C3(C)CC[C@@H]2C2(C)CCCCC12. The fourth-order valence-corrected chi connectivity index (χ4v) is 10.1. The first-order valence-electron chi connectivity index (χ1n) is 15.5. The minimum Gasteiger partial charge on any atom is -0.312 e. The summed E-state index contributed by atoms with van der Waals surface area (Å²) in [6.07, 6.45) is 17.3. The molecular weight excluding hydrogens is 446 g/mol. The van der Waals surface area contributed by atoms with E-state index in [1.807, 2.05) is 25.7 Å². The number of carbonyl (C=O) groups is 1. The summed E-state index contributed by atoms with van der Waals surface area (Å²) in [6.45, 7) is 14.9. The van der Waals surface area contributed by atoms with E-state index < -0.39 is 0 Å². The summed E-state index contributed by atoms with van der Waals surface area (Å²) in [7, 11) is 0. The zero-order chi connectivity index (χ0) is 25.2. The summed E-state index contributed by atoms with van der Waals surface area (Å²) in [5, 5.41) is 0. The molecule has 1 heterocycles. The minimum atomic E-state index is -0.252. The van der Waals surface area contributed by atoms with Crippen LogP contribution >= 0.6 is 0 Å². The molecule has 0 aromatic rings. The molecule has 0 aromatic heterocycles. The molecule has 5 rings (SSSR count). The molecule has 0 radical (unpaired) electrons. The maximum atomic E-state index is 12.8. The van der Waals surface area contributed by atoms with Crippen LogP contribution in [0.3, 0.4) is 0 Å². The van der Waals surface area contributed by atoms with Crippen LogP contribution in [0.1, 0.15) is 132 Å². The van der Waals surface area contributed by atoms with Crippen LogP contribution in [0, 0.1) is 46.3 Å². The van der Waals surface area contributed by atoms with Gasteiger partial charge in [-0.25, -0.2) is 9.78 Å². The summed E-state index contributed by atoms with van der Waals surface area (Å²) >= 11 is 0. The van der Waals surface area contributed by atoms with Gasteiger partial charge in [0.1, 0.15) is 0 Å². The average Bonchev–Trinajstić information content (AvgIpc) is 3.21. The van der Waals surface area contributed by atoms with E-state index in [2.05, 4.69) is 20.8 Å². The third kappa shape index (κ3) is 5.29. The number of hydrogen-bond donors (Lipinski definition) is 0. The second kappa shape index (κ2) is 12.5. The van der Waals surface area contributed by atoms with Crippen LogP contribution in [0.4, 0.5) is 0 Å². The van der Waals surface area contributed by atoms with Crippen molar-refractivity contribution in [1.82, 2.24) is 4.90 Å². The fraction of sp³-hybridized carbons (Fsp3) is 0.969. The van der Waals surface area contributed by atoms with E-state index in [4.69, 9.17) is 9.78 Å². The van der Waals surface area contributed by atoms with E-state index in [0.717, 1.165) is 41.9 Å². The van der Waals surface area contributed by atoms with Gasteiger partial charge in [0.15, 0.2) is 6.23 Å². The molecule has 1 aliphatic heterocycles. The molecule has 1 amide bonds. The highest BCUT2D eigenvalue weighted by Crippen LogP contribution is 2.69. The van der Waals surface area contributed by atoms with E-state index in [9.17, 15) is 4.79 Å². The summed E-state index contributed by atoms with van der Waals surface area (Å²) in [5.74, 6) is 5.89. The first-order valence-corrected chi connectivity index (χ1v) is 15.5. The van der Waals surface area contributed by atoms with E-state index in [-0.39, 0.29) is 19.6 Å². The van der Waals surface area contributed by atoms with Gasteiger partial charge in [0.2, 0.25) is 5.91 Å². The van der Waals surface area contributed by atoms with E-state index >= 15 is 0 Å². The first-order chi connectivity index (χ1) is 16.9. The lowest BCUT2D eigenvalue weighted by molar-refractivity contribution is -0.369. The normalized spacial score (nSPS) is 43.7. The van der Waals surface area contributed by atoms with Gasteiger partial charge in [-0.05, 0) is 111 Å². The second-order valence-corrected chi connectivity index (χ2v) is 13.0. The lowest BCUT2D eigenvalue weighted by atomic mass is 9.42. The molecule has 210 valence electrons. The monoisotopic (exact) mass is 505 g/mol. The highest BCUT2D eigenvalue weighted by molar-refractivity contribution is 5.76. The Morgan fingerprint density at radius 1 is 0.972 bits per heavy atom. The van der Waals surface area contributed by atoms with Gasteiger partial charge in [-0.2, -0.15) is 0 Å². The second-order valence-electron chi connectivity index (χ2n) is 13.0. The molecule has 7 unspecified atom stereocenters. The van der Waals surface area contributed by atoms with Crippen LogP contribution in [0.5, 0.6) is 0 Å².